The summed E-state index contributed by atoms with van der Waals surface area (Å²) in [6.45, 7) is 8.37. The van der Waals surface area contributed by atoms with Crippen molar-refractivity contribution in [2.45, 2.75) is 70.5 Å². The van der Waals surface area contributed by atoms with E-state index in [1.807, 2.05) is 6.92 Å². The number of nitrogens with one attached hydrogen (secondary N) is 1. The Bertz CT molecular complexity index is 668. The Morgan fingerprint density at radius 3 is 2.72 bits per heavy atom. The fraction of sp³-hybridized carbons (Fsp3) is 0.913. The number of esters is 2. The van der Waals surface area contributed by atoms with E-state index in [4.69, 9.17) is 14.2 Å². The number of carbonyl (C=O) groups excluding carboxylic acids is 2. The van der Waals surface area contributed by atoms with Crippen molar-refractivity contribution in [1.29, 1.82) is 0 Å². The number of fused-ring (bicyclic) bond motifs is 3. The van der Waals surface area contributed by atoms with E-state index < -0.39 is 0 Å². The van der Waals surface area contributed by atoms with Gasteiger partial charge in [-0.2, -0.15) is 0 Å². The first-order chi connectivity index (χ1) is 13.9. The van der Waals surface area contributed by atoms with Crippen molar-refractivity contribution in [1.82, 2.24) is 0 Å². The molecule has 5 rings (SSSR count). The molecule has 0 amide bonds. The SMILES string of the molecule is CCOC(=O)C1CC[NH+](C[C@H]2C(=O)O[C@@H]3C[C@@]4(C)CCC[C@@]5(CO5)[C@@H]4C[C@@H]32)CC1. The second-order valence-corrected chi connectivity index (χ2v) is 10.6. The van der Waals surface area contributed by atoms with Crippen LogP contribution in [0.15, 0.2) is 0 Å². The molecule has 0 aromatic rings. The summed E-state index contributed by atoms with van der Waals surface area (Å²) >= 11 is 0. The van der Waals surface area contributed by atoms with Crippen LogP contribution in [0.2, 0.25) is 0 Å². The van der Waals surface area contributed by atoms with Gasteiger partial charge in [0.05, 0.1) is 44.4 Å². The van der Waals surface area contributed by atoms with Crippen LogP contribution in [0, 0.1) is 29.1 Å². The highest BCUT2D eigenvalue weighted by atomic mass is 16.6. The van der Waals surface area contributed by atoms with Crippen molar-refractivity contribution in [3.05, 3.63) is 0 Å². The minimum absolute atomic E-state index is 0.0106. The molecular formula is C23H36NO5+. The Morgan fingerprint density at radius 1 is 1.28 bits per heavy atom. The van der Waals surface area contributed by atoms with Crippen molar-refractivity contribution < 1.29 is 28.7 Å². The molecule has 1 N–H and O–H groups in total. The lowest BCUT2D eigenvalue weighted by molar-refractivity contribution is -0.908. The van der Waals surface area contributed by atoms with Gasteiger partial charge in [-0.25, -0.2) is 0 Å². The predicted octanol–water partition coefficient (Wildman–Crippen LogP) is 1.37. The topological polar surface area (TPSA) is 69.6 Å². The molecule has 0 radical (unpaired) electrons. The maximum absolute atomic E-state index is 12.8. The quantitative estimate of drug-likeness (QED) is 0.564. The summed E-state index contributed by atoms with van der Waals surface area (Å²) in [7, 11) is 0. The Kier molecular flexibility index (Phi) is 4.93. The number of likely N-dealkylation sites (tertiary alicyclic amines) is 1. The lowest BCUT2D eigenvalue weighted by atomic mass is 9.53. The summed E-state index contributed by atoms with van der Waals surface area (Å²) in [6, 6.07) is 0. The largest absolute Gasteiger partial charge is 0.466 e. The van der Waals surface area contributed by atoms with Crippen molar-refractivity contribution in [3.63, 3.8) is 0 Å². The summed E-state index contributed by atoms with van der Waals surface area (Å²) in [5.74, 6) is 0.933. The van der Waals surface area contributed by atoms with Gasteiger partial charge in [0, 0.05) is 18.8 Å². The lowest BCUT2D eigenvalue weighted by Gasteiger charge is -2.51. The molecule has 6 heteroatoms. The van der Waals surface area contributed by atoms with E-state index in [0.29, 0.717) is 18.4 Å². The second kappa shape index (κ2) is 7.23. The van der Waals surface area contributed by atoms with Gasteiger partial charge < -0.3 is 19.1 Å². The molecule has 3 heterocycles. The summed E-state index contributed by atoms with van der Waals surface area (Å²) in [6.07, 6.45) is 7.58. The number of carbonyl (C=O) groups is 2. The highest BCUT2D eigenvalue weighted by molar-refractivity contribution is 5.75. The molecular weight excluding hydrogens is 370 g/mol. The van der Waals surface area contributed by atoms with Crippen molar-refractivity contribution in [2.24, 2.45) is 29.1 Å². The van der Waals surface area contributed by atoms with Crippen LogP contribution in [-0.2, 0) is 23.8 Å². The average molecular weight is 407 g/mol. The second-order valence-electron chi connectivity index (χ2n) is 10.6. The van der Waals surface area contributed by atoms with Crippen LogP contribution in [0.5, 0.6) is 0 Å². The first-order valence-corrected chi connectivity index (χ1v) is 11.8. The third kappa shape index (κ3) is 3.40. The molecule has 0 aromatic carbocycles. The van der Waals surface area contributed by atoms with E-state index >= 15 is 0 Å². The number of piperidine rings is 1. The number of hydrogen-bond donors (Lipinski definition) is 1. The molecule has 1 spiro atoms. The molecule has 29 heavy (non-hydrogen) atoms. The van der Waals surface area contributed by atoms with Crippen molar-refractivity contribution in [3.8, 4) is 0 Å². The molecule has 3 saturated heterocycles. The van der Waals surface area contributed by atoms with Crippen molar-refractivity contribution >= 4 is 11.9 Å². The zero-order valence-electron chi connectivity index (χ0n) is 17.9. The number of epoxide rings is 1. The van der Waals surface area contributed by atoms with E-state index in [9.17, 15) is 9.59 Å². The van der Waals surface area contributed by atoms with Gasteiger partial charge in [0.2, 0.25) is 0 Å². The smallest absolute Gasteiger partial charge is 0.315 e. The number of ether oxygens (including phenoxy) is 3. The van der Waals surface area contributed by atoms with E-state index in [0.717, 1.165) is 51.9 Å². The maximum Gasteiger partial charge on any atom is 0.315 e. The van der Waals surface area contributed by atoms with Crippen LogP contribution < -0.4 is 4.90 Å². The first-order valence-electron chi connectivity index (χ1n) is 11.8. The number of quaternary nitrogens is 1. The van der Waals surface area contributed by atoms with Crippen LogP contribution in [0.3, 0.4) is 0 Å². The van der Waals surface area contributed by atoms with Crippen LogP contribution in [0.4, 0.5) is 0 Å². The van der Waals surface area contributed by atoms with Gasteiger partial charge in [-0.3, -0.25) is 9.59 Å². The summed E-state index contributed by atoms with van der Waals surface area (Å²) in [5, 5.41) is 0. The number of rotatable bonds is 4. The molecule has 2 saturated carbocycles. The van der Waals surface area contributed by atoms with Gasteiger partial charge in [-0.1, -0.05) is 6.92 Å². The zero-order chi connectivity index (χ0) is 20.2. The van der Waals surface area contributed by atoms with Gasteiger partial charge in [-0.15, -0.1) is 0 Å². The van der Waals surface area contributed by atoms with Gasteiger partial charge in [0.1, 0.15) is 12.0 Å². The van der Waals surface area contributed by atoms with Crippen LogP contribution in [-0.4, -0.2) is 56.5 Å². The van der Waals surface area contributed by atoms with Crippen LogP contribution in [0.25, 0.3) is 0 Å². The molecule has 5 fully saturated rings. The summed E-state index contributed by atoms with van der Waals surface area (Å²) in [4.78, 5) is 26.3. The molecule has 5 aliphatic rings. The maximum atomic E-state index is 12.8. The highest BCUT2D eigenvalue weighted by Gasteiger charge is 2.65. The van der Waals surface area contributed by atoms with E-state index in [-0.39, 0.29) is 40.9 Å². The minimum Gasteiger partial charge on any atom is -0.466 e. The predicted molar refractivity (Wildman–Crippen MR) is 105 cm³/mol. The van der Waals surface area contributed by atoms with Gasteiger partial charge in [0.25, 0.3) is 0 Å². The van der Waals surface area contributed by atoms with Crippen LogP contribution in [0.1, 0.15) is 58.8 Å². The molecule has 6 atom stereocenters. The van der Waals surface area contributed by atoms with E-state index in [2.05, 4.69) is 6.92 Å². The lowest BCUT2D eigenvalue weighted by Crippen LogP contribution is -3.14. The molecule has 0 aromatic heterocycles. The summed E-state index contributed by atoms with van der Waals surface area (Å²) in [5.41, 5.74) is 0.370. The standard InChI is InChI=1S/C23H35NO5/c1-3-27-20(25)15-5-9-24(10-6-15)13-17-16-11-19-22(2,12-18(16)29-21(17)26)7-4-8-23(19)14-28-23/h15-19H,3-14H2,1-2H3/p+1/t16-,17-,18-,19-,22-,23-/m1/s1. The Morgan fingerprint density at radius 2 is 2.03 bits per heavy atom. The fourth-order valence-electron chi connectivity index (χ4n) is 7.23. The molecule has 3 aliphatic heterocycles. The van der Waals surface area contributed by atoms with Crippen molar-refractivity contribution in [2.75, 3.05) is 32.8 Å². The zero-order valence-corrected chi connectivity index (χ0v) is 17.9. The Balaban J connectivity index is 1.23. The minimum atomic E-state index is -0.0505. The first kappa shape index (κ1) is 19.8. The van der Waals surface area contributed by atoms with Crippen LogP contribution >= 0.6 is 0 Å². The molecule has 162 valence electrons. The normalized spacial score (nSPS) is 48.6. The molecule has 0 bridgehead atoms. The fourth-order valence-corrected chi connectivity index (χ4v) is 7.23. The van der Waals surface area contributed by atoms with Gasteiger partial charge in [-0.05, 0) is 50.4 Å². The molecule has 6 nitrogen and oxygen atoms in total. The Hall–Kier alpha value is -1.14. The summed E-state index contributed by atoms with van der Waals surface area (Å²) < 4.78 is 17.1. The van der Waals surface area contributed by atoms with Gasteiger partial charge >= 0.3 is 11.9 Å². The third-order valence-electron chi connectivity index (χ3n) is 8.90. The third-order valence-corrected chi connectivity index (χ3v) is 8.90. The monoisotopic (exact) mass is 406 g/mol. The molecule has 0 unspecified atom stereocenters. The number of hydrogen-bond acceptors (Lipinski definition) is 5. The average Bonchev–Trinajstić information content (AvgIpc) is 3.40. The highest BCUT2D eigenvalue weighted by Crippen LogP contribution is 2.62. The van der Waals surface area contributed by atoms with E-state index in [1.54, 1.807) is 0 Å². The Labute approximate surface area is 173 Å². The van der Waals surface area contributed by atoms with E-state index in [1.165, 1.54) is 24.2 Å². The molecule has 2 aliphatic carbocycles. The van der Waals surface area contributed by atoms with Gasteiger partial charge in [0.15, 0.2) is 0 Å².